The molecule has 1 atom stereocenters. The van der Waals surface area contributed by atoms with Gasteiger partial charge in [-0.3, -0.25) is 0 Å². The van der Waals surface area contributed by atoms with Crippen molar-refractivity contribution in [2.45, 2.75) is 37.4 Å². The number of hydrogen-bond acceptors (Lipinski definition) is 2. The number of rotatable bonds is 1. The van der Waals surface area contributed by atoms with E-state index in [2.05, 4.69) is 5.32 Å². The minimum Gasteiger partial charge on any atom is -0.364 e. The van der Waals surface area contributed by atoms with Gasteiger partial charge in [-0.15, -0.1) is 0 Å². The fourth-order valence-electron chi connectivity index (χ4n) is 3.03. The van der Waals surface area contributed by atoms with Gasteiger partial charge in [-0.25, -0.2) is 8.78 Å². The second-order valence-corrected chi connectivity index (χ2v) is 5.30. The van der Waals surface area contributed by atoms with Gasteiger partial charge in [0.05, 0.1) is 11.7 Å². The molecule has 18 heavy (non-hydrogen) atoms. The van der Waals surface area contributed by atoms with Crippen LogP contribution < -0.4 is 5.32 Å². The smallest absolute Gasteiger partial charge is 0.159 e. The summed E-state index contributed by atoms with van der Waals surface area (Å²) in [5.41, 5.74) is 0.626. The highest BCUT2D eigenvalue weighted by Crippen LogP contribution is 2.39. The van der Waals surface area contributed by atoms with Crippen LogP contribution in [0.4, 0.5) is 8.78 Å². The highest BCUT2D eigenvalue weighted by atomic mass is 19.2. The molecule has 1 aromatic carbocycles. The van der Waals surface area contributed by atoms with Crippen molar-refractivity contribution in [1.82, 2.24) is 5.32 Å². The van der Waals surface area contributed by atoms with Gasteiger partial charge in [-0.1, -0.05) is 18.9 Å². The molecule has 1 saturated carbocycles. The largest absolute Gasteiger partial charge is 0.364 e. The van der Waals surface area contributed by atoms with E-state index in [0.29, 0.717) is 12.1 Å². The van der Waals surface area contributed by atoms with Crippen molar-refractivity contribution in [3.8, 4) is 0 Å². The van der Waals surface area contributed by atoms with Crippen molar-refractivity contribution >= 4 is 0 Å². The maximum atomic E-state index is 13.3. The molecule has 0 aromatic heterocycles. The highest BCUT2D eigenvalue weighted by molar-refractivity contribution is 5.21. The topological polar surface area (TPSA) is 21.3 Å². The molecule has 1 aliphatic carbocycles. The molecule has 98 valence electrons. The molecule has 0 bridgehead atoms. The van der Waals surface area contributed by atoms with Crippen molar-refractivity contribution in [3.05, 3.63) is 35.4 Å². The van der Waals surface area contributed by atoms with Crippen LogP contribution in [0.15, 0.2) is 18.2 Å². The summed E-state index contributed by atoms with van der Waals surface area (Å²) in [6.45, 7) is 1.53. The fourth-order valence-corrected chi connectivity index (χ4v) is 3.03. The lowest BCUT2D eigenvalue weighted by molar-refractivity contribution is -0.114. The van der Waals surface area contributed by atoms with Gasteiger partial charge >= 0.3 is 0 Å². The second kappa shape index (κ2) is 4.59. The third-order valence-electron chi connectivity index (χ3n) is 4.00. The van der Waals surface area contributed by atoms with Gasteiger partial charge in [0.25, 0.3) is 0 Å². The molecule has 2 aliphatic rings. The Hall–Kier alpha value is -1.00. The average Bonchev–Trinajstić information content (AvgIpc) is 2.81. The molecule has 1 unspecified atom stereocenters. The lowest BCUT2D eigenvalue weighted by atomic mass is 9.97. The van der Waals surface area contributed by atoms with Crippen molar-refractivity contribution in [2.75, 3.05) is 13.1 Å². The number of hydrogen-bond donors (Lipinski definition) is 1. The molecule has 1 aromatic rings. The molecule has 1 N–H and O–H groups in total. The zero-order valence-corrected chi connectivity index (χ0v) is 10.2. The van der Waals surface area contributed by atoms with Crippen LogP contribution in [-0.2, 0) is 4.74 Å². The summed E-state index contributed by atoms with van der Waals surface area (Å²) in [7, 11) is 0. The Morgan fingerprint density at radius 3 is 2.67 bits per heavy atom. The first-order chi connectivity index (χ1) is 8.69. The van der Waals surface area contributed by atoms with E-state index in [1.54, 1.807) is 6.07 Å². The fraction of sp³-hybridized carbons (Fsp3) is 0.571. The van der Waals surface area contributed by atoms with E-state index in [0.717, 1.165) is 19.4 Å². The lowest BCUT2D eigenvalue weighted by Gasteiger charge is -2.39. The molecule has 0 amide bonds. The van der Waals surface area contributed by atoms with Crippen molar-refractivity contribution in [1.29, 1.82) is 0 Å². The Morgan fingerprint density at radius 2 is 1.94 bits per heavy atom. The third kappa shape index (κ3) is 2.15. The molecular formula is C14H17F2NO. The van der Waals surface area contributed by atoms with Crippen LogP contribution in [0, 0.1) is 11.6 Å². The average molecular weight is 253 g/mol. The Morgan fingerprint density at radius 1 is 1.17 bits per heavy atom. The quantitative estimate of drug-likeness (QED) is 0.831. The second-order valence-electron chi connectivity index (χ2n) is 5.30. The number of halogens is 2. The summed E-state index contributed by atoms with van der Waals surface area (Å²) in [4.78, 5) is 0. The molecule has 0 radical (unpaired) electrons. The van der Waals surface area contributed by atoms with Crippen molar-refractivity contribution in [3.63, 3.8) is 0 Å². The highest BCUT2D eigenvalue weighted by Gasteiger charge is 2.40. The molecule has 2 nitrogen and oxygen atoms in total. The van der Waals surface area contributed by atoms with Gasteiger partial charge in [0.1, 0.15) is 0 Å². The van der Waals surface area contributed by atoms with Gasteiger partial charge < -0.3 is 10.1 Å². The summed E-state index contributed by atoms with van der Waals surface area (Å²) in [6, 6.07) is 4.03. The molecule has 1 heterocycles. The van der Waals surface area contributed by atoms with Crippen LogP contribution in [0.25, 0.3) is 0 Å². The summed E-state index contributed by atoms with van der Waals surface area (Å²) in [5, 5.41) is 3.36. The Balaban J connectivity index is 1.81. The molecule has 1 saturated heterocycles. The molecular weight excluding hydrogens is 236 g/mol. The maximum Gasteiger partial charge on any atom is 0.159 e. The van der Waals surface area contributed by atoms with Gasteiger partial charge in [-0.05, 0) is 30.5 Å². The molecule has 4 heteroatoms. The van der Waals surface area contributed by atoms with E-state index in [9.17, 15) is 8.78 Å². The summed E-state index contributed by atoms with van der Waals surface area (Å²) >= 11 is 0. The SMILES string of the molecule is Fc1ccc(C2CNCC3(CCCC3)O2)cc1F. The minimum absolute atomic E-state index is 0.0895. The summed E-state index contributed by atoms with van der Waals surface area (Å²) in [6.07, 6.45) is 4.31. The van der Waals surface area contributed by atoms with E-state index in [1.165, 1.54) is 25.0 Å². The van der Waals surface area contributed by atoms with Crippen LogP contribution in [-0.4, -0.2) is 18.7 Å². The lowest BCUT2D eigenvalue weighted by Crippen LogP contribution is -2.49. The Bertz CT molecular complexity index is 443. The number of morpholine rings is 1. The third-order valence-corrected chi connectivity index (χ3v) is 4.00. The first-order valence-corrected chi connectivity index (χ1v) is 6.52. The molecule has 1 aliphatic heterocycles. The summed E-state index contributed by atoms with van der Waals surface area (Å²) < 4.78 is 32.3. The first-order valence-electron chi connectivity index (χ1n) is 6.52. The number of ether oxygens (including phenoxy) is 1. The van der Waals surface area contributed by atoms with Gasteiger partial charge in [0, 0.05) is 13.1 Å². The van der Waals surface area contributed by atoms with Crippen LogP contribution in [0.2, 0.25) is 0 Å². The first kappa shape index (κ1) is 12.1. The van der Waals surface area contributed by atoms with E-state index >= 15 is 0 Å². The zero-order chi connectivity index (χ0) is 12.6. The monoisotopic (exact) mass is 253 g/mol. The predicted octanol–water partition coefficient (Wildman–Crippen LogP) is 2.94. The van der Waals surface area contributed by atoms with Gasteiger partial charge in [-0.2, -0.15) is 0 Å². The van der Waals surface area contributed by atoms with Gasteiger partial charge in [0.2, 0.25) is 0 Å². The minimum atomic E-state index is -0.807. The van der Waals surface area contributed by atoms with E-state index in [4.69, 9.17) is 4.74 Å². The molecule has 3 rings (SSSR count). The van der Waals surface area contributed by atoms with Crippen molar-refractivity contribution in [2.24, 2.45) is 0 Å². The Kier molecular flexibility index (Phi) is 3.08. The zero-order valence-electron chi connectivity index (χ0n) is 10.2. The van der Waals surface area contributed by atoms with Crippen LogP contribution in [0.5, 0.6) is 0 Å². The van der Waals surface area contributed by atoms with E-state index in [-0.39, 0.29) is 11.7 Å². The summed E-state index contributed by atoms with van der Waals surface area (Å²) in [5.74, 6) is -1.61. The van der Waals surface area contributed by atoms with Gasteiger partial charge in [0.15, 0.2) is 11.6 Å². The molecule has 2 fully saturated rings. The van der Waals surface area contributed by atoms with Crippen LogP contribution >= 0.6 is 0 Å². The standard InChI is InChI=1S/C14H17F2NO/c15-11-4-3-10(7-12(11)16)13-8-17-9-14(18-13)5-1-2-6-14/h3-4,7,13,17H,1-2,5-6,8-9H2. The number of nitrogens with one attached hydrogen (secondary N) is 1. The van der Waals surface area contributed by atoms with Crippen LogP contribution in [0.3, 0.4) is 0 Å². The van der Waals surface area contributed by atoms with E-state index < -0.39 is 11.6 Å². The number of benzene rings is 1. The van der Waals surface area contributed by atoms with Crippen LogP contribution in [0.1, 0.15) is 37.4 Å². The predicted molar refractivity (Wildman–Crippen MR) is 64.3 cm³/mol. The Labute approximate surface area is 105 Å². The normalized spacial score (nSPS) is 26.7. The van der Waals surface area contributed by atoms with Crippen molar-refractivity contribution < 1.29 is 13.5 Å². The molecule has 1 spiro atoms. The van der Waals surface area contributed by atoms with E-state index in [1.807, 2.05) is 0 Å². The maximum absolute atomic E-state index is 13.3.